The van der Waals surface area contributed by atoms with Gasteiger partial charge in [0.15, 0.2) is 0 Å². The van der Waals surface area contributed by atoms with Gasteiger partial charge in [-0.05, 0) is 24.8 Å². The molecule has 0 radical (unpaired) electrons. The van der Waals surface area contributed by atoms with Crippen molar-refractivity contribution >= 4 is 18.0 Å². The van der Waals surface area contributed by atoms with Crippen molar-refractivity contribution in [2.75, 3.05) is 0 Å². The van der Waals surface area contributed by atoms with Gasteiger partial charge < -0.3 is 0 Å². The Bertz CT molecular complexity index is 137. The van der Waals surface area contributed by atoms with E-state index in [4.69, 9.17) is 0 Å². The molecule has 0 fully saturated rings. The van der Waals surface area contributed by atoms with Gasteiger partial charge in [-0.1, -0.05) is 0 Å². The summed E-state index contributed by atoms with van der Waals surface area (Å²) < 4.78 is 0. The van der Waals surface area contributed by atoms with Crippen LogP contribution in [0, 0.1) is 0 Å². The first-order valence-electron chi connectivity index (χ1n) is 2.64. The minimum atomic E-state index is 0.429. The molecule has 0 aromatic carbocycles. The first-order valence-corrected chi connectivity index (χ1v) is 3.59. The first-order chi connectivity index (χ1) is 3.79. The summed E-state index contributed by atoms with van der Waals surface area (Å²) in [5.41, 5.74) is 1.26. The van der Waals surface area contributed by atoms with Crippen LogP contribution >= 0.6 is 11.8 Å². The Morgan fingerprint density at radius 2 is 2.50 bits per heavy atom. The Morgan fingerprint density at radius 1 is 1.75 bits per heavy atom. The number of hydrogen-bond donors (Lipinski definition) is 0. The Balaban J connectivity index is 2.58. The van der Waals surface area contributed by atoms with Gasteiger partial charge in [0, 0.05) is 6.21 Å². The highest BCUT2D eigenvalue weighted by atomic mass is 32.2. The number of nitrogens with zero attached hydrogens (tertiary/aromatic N) is 1. The smallest absolute Gasteiger partial charge is 0.0963 e. The molecule has 0 aromatic heterocycles. The van der Waals surface area contributed by atoms with Crippen molar-refractivity contribution in [1.29, 1.82) is 0 Å². The molecular formula is C6H9NS. The third-order valence-corrected chi connectivity index (χ3v) is 1.96. The summed E-state index contributed by atoms with van der Waals surface area (Å²) in [7, 11) is 0. The molecule has 2 heteroatoms. The topological polar surface area (TPSA) is 12.4 Å². The predicted molar refractivity (Wildman–Crippen MR) is 39.3 cm³/mol. The minimum Gasteiger partial charge on any atom is -0.279 e. The molecule has 1 aliphatic heterocycles. The van der Waals surface area contributed by atoms with Gasteiger partial charge in [-0.3, -0.25) is 4.99 Å². The summed E-state index contributed by atoms with van der Waals surface area (Å²) in [6, 6.07) is 0. The van der Waals surface area contributed by atoms with Gasteiger partial charge in [0.2, 0.25) is 0 Å². The fourth-order valence-corrected chi connectivity index (χ4v) is 1.10. The van der Waals surface area contributed by atoms with E-state index in [9.17, 15) is 0 Å². The highest BCUT2D eigenvalue weighted by molar-refractivity contribution is 8.02. The Labute approximate surface area is 53.9 Å². The standard InChI is InChI=1S/C6H9NS/c1-5-3-7-6(2)8-4-5/h3-4,6H,1-2H3. The van der Waals surface area contributed by atoms with Crippen LogP contribution in [-0.2, 0) is 0 Å². The normalized spacial score (nSPS) is 27.8. The maximum Gasteiger partial charge on any atom is 0.0963 e. The molecule has 0 amide bonds. The van der Waals surface area contributed by atoms with Crippen LogP contribution in [0.2, 0.25) is 0 Å². The van der Waals surface area contributed by atoms with E-state index in [1.807, 2.05) is 6.21 Å². The Morgan fingerprint density at radius 3 is 2.88 bits per heavy atom. The van der Waals surface area contributed by atoms with Crippen LogP contribution < -0.4 is 0 Å². The highest BCUT2D eigenvalue weighted by Crippen LogP contribution is 2.18. The SMILES string of the molecule is CC1=CSC(C)N=C1. The van der Waals surface area contributed by atoms with Crippen molar-refractivity contribution in [2.24, 2.45) is 4.99 Å². The predicted octanol–water partition coefficient (Wildman–Crippen LogP) is 2.05. The van der Waals surface area contributed by atoms with E-state index < -0.39 is 0 Å². The summed E-state index contributed by atoms with van der Waals surface area (Å²) in [6.07, 6.45) is 1.92. The maximum absolute atomic E-state index is 4.18. The molecule has 0 spiro atoms. The molecule has 1 nitrogen and oxygen atoms in total. The zero-order chi connectivity index (χ0) is 5.98. The average molecular weight is 127 g/mol. The van der Waals surface area contributed by atoms with Crippen LogP contribution in [0.15, 0.2) is 16.0 Å². The molecule has 0 aromatic rings. The van der Waals surface area contributed by atoms with Crippen molar-refractivity contribution in [3.63, 3.8) is 0 Å². The molecular weight excluding hydrogens is 118 g/mol. The van der Waals surface area contributed by atoms with E-state index in [1.165, 1.54) is 5.57 Å². The lowest BCUT2D eigenvalue weighted by Gasteiger charge is -2.06. The second kappa shape index (κ2) is 2.35. The average Bonchev–Trinajstić information content (AvgIpc) is 1.77. The van der Waals surface area contributed by atoms with Crippen molar-refractivity contribution < 1.29 is 0 Å². The Hall–Kier alpha value is -0.240. The summed E-state index contributed by atoms with van der Waals surface area (Å²) in [4.78, 5) is 4.18. The van der Waals surface area contributed by atoms with Crippen molar-refractivity contribution in [3.8, 4) is 0 Å². The van der Waals surface area contributed by atoms with Gasteiger partial charge >= 0.3 is 0 Å². The molecule has 0 saturated heterocycles. The van der Waals surface area contributed by atoms with E-state index in [2.05, 4.69) is 24.2 Å². The van der Waals surface area contributed by atoms with Crippen LogP contribution in [0.25, 0.3) is 0 Å². The molecule has 0 bridgehead atoms. The number of hydrogen-bond acceptors (Lipinski definition) is 2. The summed E-state index contributed by atoms with van der Waals surface area (Å²) in [6.45, 7) is 4.15. The fraction of sp³-hybridized carbons (Fsp3) is 0.500. The maximum atomic E-state index is 4.18. The van der Waals surface area contributed by atoms with Crippen LogP contribution in [0.3, 0.4) is 0 Å². The van der Waals surface area contributed by atoms with Crippen molar-refractivity contribution in [1.82, 2.24) is 0 Å². The summed E-state index contributed by atoms with van der Waals surface area (Å²) in [5.74, 6) is 0. The zero-order valence-electron chi connectivity index (χ0n) is 5.09. The number of rotatable bonds is 0. The van der Waals surface area contributed by atoms with Crippen LogP contribution in [0.4, 0.5) is 0 Å². The van der Waals surface area contributed by atoms with Crippen LogP contribution in [-0.4, -0.2) is 11.6 Å². The molecule has 1 heterocycles. The molecule has 8 heavy (non-hydrogen) atoms. The van der Waals surface area contributed by atoms with Crippen LogP contribution in [0.5, 0.6) is 0 Å². The quantitative estimate of drug-likeness (QED) is 0.485. The van der Waals surface area contributed by atoms with Crippen molar-refractivity contribution in [3.05, 3.63) is 11.0 Å². The molecule has 0 saturated carbocycles. The second-order valence-corrected chi connectivity index (χ2v) is 3.07. The largest absolute Gasteiger partial charge is 0.279 e. The molecule has 0 N–H and O–H groups in total. The van der Waals surface area contributed by atoms with E-state index in [0.29, 0.717) is 5.37 Å². The molecule has 44 valence electrons. The lowest BCUT2D eigenvalue weighted by atomic mass is 10.4. The van der Waals surface area contributed by atoms with E-state index in [1.54, 1.807) is 11.8 Å². The van der Waals surface area contributed by atoms with E-state index in [-0.39, 0.29) is 0 Å². The molecule has 1 atom stereocenters. The van der Waals surface area contributed by atoms with Gasteiger partial charge in [-0.2, -0.15) is 0 Å². The van der Waals surface area contributed by atoms with E-state index in [0.717, 1.165) is 0 Å². The van der Waals surface area contributed by atoms with E-state index >= 15 is 0 Å². The summed E-state index contributed by atoms with van der Waals surface area (Å²) in [5, 5.41) is 2.57. The minimum absolute atomic E-state index is 0.429. The lowest BCUT2D eigenvalue weighted by molar-refractivity contribution is 1.05. The number of thioether (sulfide) groups is 1. The number of aliphatic imine (C=N–C) groups is 1. The van der Waals surface area contributed by atoms with Crippen molar-refractivity contribution in [2.45, 2.75) is 19.2 Å². The first kappa shape index (κ1) is 5.89. The third-order valence-electron chi connectivity index (χ3n) is 0.939. The molecule has 0 aliphatic carbocycles. The molecule has 1 aliphatic rings. The highest BCUT2D eigenvalue weighted by Gasteiger charge is 1.99. The second-order valence-electron chi connectivity index (χ2n) is 1.88. The monoisotopic (exact) mass is 127 g/mol. The van der Waals surface area contributed by atoms with Gasteiger partial charge in [-0.25, -0.2) is 0 Å². The number of allylic oxidation sites excluding steroid dienone is 1. The third kappa shape index (κ3) is 1.37. The lowest BCUT2D eigenvalue weighted by Crippen LogP contribution is -1.94. The van der Waals surface area contributed by atoms with Gasteiger partial charge in [0.1, 0.15) is 0 Å². The van der Waals surface area contributed by atoms with Crippen LogP contribution in [0.1, 0.15) is 13.8 Å². The van der Waals surface area contributed by atoms with Gasteiger partial charge in [0.25, 0.3) is 0 Å². The van der Waals surface area contributed by atoms with Gasteiger partial charge in [-0.15, -0.1) is 11.8 Å². The molecule has 1 rings (SSSR count). The van der Waals surface area contributed by atoms with Gasteiger partial charge in [0.05, 0.1) is 5.37 Å². The fourth-order valence-electron chi connectivity index (χ4n) is 0.494. The molecule has 1 unspecified atom stereocenters. The summed E-state index contributed by atoms with van der Waals surface area (Å²) >= 11 is 1.77. The Kier molecular flexibility index (Phi) is 1.73. The zero-order valence-corrected chi connectivity index (χ0v) is 5.90.